The number of halogens is 3. The van der Waals surface area contributed by atoms with Crippen molar-refractivity contribution in [1.82, 2.24) is 9.38 Å². The molecular formula is C28H27BF3N4O2. The number of alkyl halides is 3. The van der Waals surface area contributed by atoms with E-state index in [1.165, 1.54) is 12.1 Å². The Labute approximate surface area is 219 Å². The number of carbonyl (C=O) groups is 1. The summed E-state index contributed by atoms with van der Waals surface area (Å²) in [7, 11) is 1.66. The van der Waals surface area contributed by atoms with Gasteiger partial charge in [-0.25, -0.2) is 4.98 Å². The van der Waals surface area contributed by atoms with Crippen LogP contribution in [0.1, 0.15) is 27.0 Å². The van der Waals surface area contributed by atoms with Gasteiger partial charge in [-0.2, -0.15) is 13.2 Å². The number of aromatic nitrogens is 2. The molecule has 0 unspecified atom stereocenters. The number of fused-ring (bicyclic) bond motifs is 1. The number of carbonyl (C=O) groups excluding carboxylic acids is 1. The molecule has 1 fully saturated rings. The van der Waals surface area contributed by atoms with E-state index in [4.69, 9.17) is 4.74 Å². The summed E-state index contributed by atoms with van der Waals surface area (Å²) in [6, 6.07) is 11.3. The van der Waals surface area contributed by atoms with Gasteiger partial charge in [-0.3, -0.25) is 4.79 Å². The van der Waals surface area contributed by atoms with E-state index in [0.717, 1.165) is 47.2 Å². The molecule has 4 aromatic rings. The van der Waals surface area contributed by atoms with E-state index in [9.17, 15) is 18.0 Å². The fraction of sp³-hybridized carbons (Fsp3) is 0.286. The smallest absolute Gasteiger partial charge is 0.378 e. The number of imidazole rings is 1. The van der Waals surface area contributed by atoms with E-state index in [1.54, 1.807) is 26.4 Å². The van der Waals surface area contributed by atoms with E-state index in [0.29, 0.717) is 18.9 Å². The first-order chi connectivity index (χ1) is 18.2. The lowest BCUT2D eigenvalue weighted by molar-refractivity contribution is -0.138. The van der Waals surface area contributed by atoms with Crippen LogP contribution in [0.4, 0.5) is 24.5 Å². The highest BCUT2D eigenvalue weighted by Gasteiger charge is 2.33. The van der Waals surface area contributed by atoms with Crippen LogP contribution in [-0.4, -0.2) is 48.9 Å². The molecule has 0 aliphatic carbocycles. The highest BCUT2D eigenvalue weighted by molar-refractivity contribution is 6.33. The van der Waals surface area contributed by atoms with E-state index >= 15 is 0 Å². The second-order valence-electron chi connectivity index (χ2n) is 9.34. The summed E-state index contributed by atoms with van der Waals surface area (Å²) >= 11 is 0. The number of ether oxygens (including phenoxy) is 1. The quantitative estimate of drug-likeness (QED) is 0.334. The number of aryl methyl sites for hydroxylation is 1. The minimum atomic E-state index is -4.55. The van der Waals surface area contributed by atoms with Crippen LogP contribution >= 0.6 is 0 Å². The van der Waals surface area contributed by atoms with Crippen LogP contribution in [0, 0.1) is 6.92 Å². The molecule has 0 bridgehead atoms. The Balaban J connectivity index is 1.47. The summed E-state index contributed by atoms with van der Waals surface area (Å²) in [5.74, 6) is -0.601. The number of morpholine rings is 1. The topological polar surface area (TPSA) is 58.9 Å². The highest BCUT2D eigenvalue weighted by atomic mass is 19.4. The predicted octanol–water partition coefficient (Wildman–Crippen LogP) is 5.67. The van der Waals surface area contributed by atoms with Crippen LogP contribution in [0.25, 0.3) is 16.8 Å². The standard InChI is InChI=1S/C28H27BF3N4O2/c1-18-3-6-22(34-27(37)19-4-5-20(16-29-2)24(13-19)28(30,31)32)15-23(18)21-14-25(35-9-11-38-12-10-35)26-33-7-8-36(26)17-21/h3-8,13-15,17H,9-12,16H2,1-2H3,(H,34,37). The van der Waals surface area contributed by atoms with Crippen molar-refractivity contribution in [2.75, 3.05) is 36.5 Å². The number of benzene rings is 2. The first-order valence-corrected chi connectivity index (χ1v) is 12.4. The minimum Gasteiger partial charge on any atom is -0.378 e. The van der Waals surface area contributed by atoms with E-state index in [-0.39, 0.29) is 17.4 Å². The van der Waals surface area contributed by atoms with Gasteiger partial charge in [0.25, 0.3) is 5.91 Å². The van der Waals surface area contributed by atoms with E-state index < -0.39 is 17.6 Å². The van der Waals surface area contributed by atoms with Crippen LogP contribution in [0.5, 0.6) is 0 Å². The van der Waals surface area contributed by atoms with Crippen molar-refractivity contribution in [3.63, 3.8) is 0 Å². The zero-order valence-electron chi connectivity index (χ0n) is 21.2. The van der Waals surface area contributed by atoms with Crippen LogP contribution in [0.3, 0.4) is 0 Å². The van der Waals surface area contributed by atoms with Crippen LogP contribution < -0.4 is 10.2 Å². The lowest BCUT2D eigenvalue weighted by Gasteiger charge is -2.29. The van der Waals surface area contributed by atoms with Gasteiger partial charge in [-0.15, -0.1) is 0 Å². The molecule has 2 aromatic heterocycles. The van der Waals surface area contributed by atoms with Crippen molar-refractivity contribution in [1.29, 1.82) is 0 Å². The van der Waals surface area contributed by atoms with E-state index in [1.807, 2.05) is 35.9 Å². The molecule has 0 saturated carbocycles. The average Bonchev–Trinajstić information content (AvgIpc) is 3.38. The number of hydrogen-bond acceptors (Lipinski definition) is 4. The number of amides is 1. The van der Waals surface area contributed by atoms with Crippen molar-refractivity contribution >= 4 is 30.2 Å². The van der Waals surface area contributed by atoms with Gasteiger partial charge in [-0.1, -0.05) is 25.3 Å². The Morgan fingerprint density at radius 2 is 1.92 bits per heavy atom. The fourth-order valence-corrected chi connectivity index (χ4v) is 4.79. The lowest BCUT2D eigenvalue weighted by atomic mass is 9.74. The summed E-state index contributed by atoms with van der Waals surface area (Å²) < 4.78 is 48.3. The second-order valence-corrected chi connectivity index (χ2v) is 9.34. The largest absolute Gasteiger partial charge is 0.416 e. The van der Waals surface area contributed by atoms with Gasteiger partial charge in [0.2, 0.25) is 0 Å². The van der Waals surface area contributed by atoms with Crippen LogP contribution in [0.15, 0.2) is 61.1 Å². The third-order valence-electron chi connectivity index (χ3n) is 6.73. The number of rotatable bonds is 6. The summed E-state index contributed by atoms with van der Waals surface area (Å²) in [6.45, 7) is 6.49. The Hall–Kier alpha value is -3.79. The number of nitrogens with one attached hydrogen (secondary N) is 1. The molecule has 1 aliphatic heterocycles. The Morgan fingerprint density at radius 3 is 2.66 bits per heavy atom. The van der Waals surface area contributed by atoms with Crippen molar-refractivity contribution in [2.45, 2.75) is 26.2 Å². The molecule has 0 spiro atoms. The van der Waals surface area contributed by atoms with Crippen molar-refractivity contribution in [2.24, 2.45) is 0 Å². The second kappa shape index (κ2) is 10.5. The molecule has 1 amide bonds. The predicted molar refractivity (Wildman–Crippen MR) is 143 cm³/mol. The minimum absolute atomic E-state index is 0.0475. The molecule has 0 atom stereocenters. The maximum absolute atomic E-state index is 13.6. The molecule has 1 saturated heterocycles. The third kappa shape index (κ3) is 5.26. The van der Waals surface area contributed by atoms with Gasteiger partial charge in [0.15, 0.2) is 5.65 Å². The molecule has 1 aliphatic rings. The summed E-state index contributed by atoms with van der Waals surface area (Å²) in [5.41, 5.74) is 4.47. The van der Waals surface area contributed by atoms with Gasteiger partial charge in [0, 0.05) is 48.5 Å². The summed E-state index contributed by atoms with van der Waals surface area (Å²) in [5, 5.41) is 2.78. The average molecular weight is 519 g/mol. The van der Waals surface area contributed by atoms with Crippen LogP contribution in [0.2, 0.25) is 6.82 Å². The van der Waals surface area contributed by atoms with E-state index in [2.05, 4.69) is 21.3 Å². The van der Waals surface area contributed by atoms with Crippen LogP contribution in [-0.2, 0) is 17.2 Å². The third-order valence-corrected chi connectivity index (χ3v) is 6.73. The number of hydrogen-bond donors (Lipinski definition) is 1. The molecule has 5 rings (SSSR count). The Morgan fingerprint density at radius 1 is 1.13 bits per heavy atom. The van der Waals surface area contributed by atoms with Gasteiger partial charge in [0.1, 0.15) is 7.28 Å². The molecule has 2 aromatic carbocycles. The SMILES string of the molecule is C[B]Cc1ccc(C(=O)Nc2ccc(C)c(-c3cc(N4CCOCC4)c4nccn4c3)c2)cc1C(F)(F)F. The summed E-state index contributed by atoms with van der Waals surface area (Å²) in [4.78, 5) is 19.7. The number of anilines is 2. The van der Waals surface area contributed by atoms with Crippen molar-refractivity contribution in [3.05, 3.63) is 83.3 Å². The van der Waals surface area contributed by atoms with Gasteiger partial charge in [0.05, 0.1) is 24.5 Å². The monoisotopic (exact) mass is 519 g/mol. The highest BCUT2D eigenvalue weighted by Crippen LogP contribution is 2.34. The first-order valence-electron chi connectivity index (χ1n) is 12.4. The van der Waals surface area contributed by atoms with Crippen molar-refractivity contribution < 1.29 is 22.7 Å². The molecule has 38 heavy (non-hydrogen) atoms. The molecule has 195 valence electrons. The van der Waals surface area contributed by atoms with Gasteiger partial charge < -0.3 is 19.4 Å². The molecule has 3 heterocycles. The maximum atomic E-state index is 13.6. The molecule has 10 heteroatoms. The zero-order chi connectivity index (χ0) is 26.9. The molecule has 1 N–H and O–H groups in total. The molecule has 1 radical (unpaired) electrons. The Kier molecular flexibility index (Phi) is 7.16. The van der Waals surface area contributed by atoms with Gasteiger partial charge >= 0.3 is 6.18 Å². The van der Waals surface area contributed by atoms with Crippen molar-refractivity contribution in [3.8, 4) is 11.1 Å². The maximum Gasteiger partial charge on any atom is 0.416 e. The molecule has 6 nitrogen and oxygen atoms in total. The first kappa shape index (κ1) is 25.8. The zero-order valence-corrected chi connectivity index (χ0v) is 21.2. The molecular weight excluding hydrogens is 492 g/mol. The fourth-order valence-electron chi connectivity index (χ4n) is 4.79. The number of pyridine rings is 1. The lowest BCUT2D eigenvalue weighted by Crippen LogP contribution is -2.36. The summed E-state index contributed by atoms with van der Waals surface area (Å²) in [6.07, 6.45) is 1.26. The van der Waals surface area contributed by atoms with Gasteiger partial charge in [-0.05, 0) is 53.9 Å². The number of nitrogens with zero attached hydrogens (tertiary/aromatic N) is 3. The Bertz CT molecular complexity index is 1480. The normalized spacial score (nSPS) is 14.1.